The molecule has 0 bridgehead atoms. The number of carbonyl (C=O) groups excluding carboxylic acids is 1. The van der Waals surface area contributed by atoms with Crippen molar-refractivity contribution in [3.05, 3.63) is 22.6 Å². The first-order valence-electron chi connectivity index (χ1n) is 5.08. The predicted octanol–water partition coefficient (Wildman–Crippen LogP) is 2.77. The minimum absolute atomic E-state index is 0.0229. The number of rotatable bonds is 3. The van der Waals surface area contributed by atoms with Crippen LogP contribution in [0.25, 0.3) is 0 Å². The molecule has 0 aliphatic heterocycles. The average molecular weight is 272 g/mol. The Labute approximate surface area is 97.6 Å². The molecule has 1 fully saturated rings. The molecule has 2 atom stereocenters. The van der Waals surface area contributed by atoms with E-state index in [4.69, 9.17) is 4.42 Å². The molecule has 0 aromatic carbocycles. The Balaban J connectivity index is 1.98. The summed E-state index contributed by atoms with van der Waals surface area (Å²) in [4.78, 5) is 13.7. The van der Waals surface area contributed by atoms with Crippen molar-refractivity contribution >= 4 is 21.8 Å². The van der Waals surface area contributed by atoms with Crippen molar-refractivity contribution in [3.8, 4) is 0 Å². The lowest BCUT2D eigenvalue weighted by Crippen LogP contribution is -2.28. The lowest BCUT2D eigenvalue weighted by Gasteiger charge is -2.16. The lowest BCUT2D eigenvalue weighted by molar-refractivity contribution is 0.0785. The molecule has 82 valence electrons. The van der Waals surface area contributed by atoms with Crippen LogP contribution in [0.1, 0.15) is 23.7 Å². The van der Waals surface area contributed by atoms with Gasteiger partial charge in [0, 0.05) is 13.6 Å². The Morgan fingerprint density at radius 3 is 2.87 bits per heavy atom. The zero-order chi connectivity index (χ0) is 11.0. The molecule has 1 aromatic rings. The van der Waals surface area contributed by atoms with E-state index in [2.05, 4.69) is 22.9 Å². The van der Waals surface area contributed by atoms with Gasteiger partial charge in [-0.15, -0.1) is 0 Å². The van der Waals surface area contributed by atoms with Crippen molar-refractivity contribution in [3.63, 3.8) is 0 Å². The van der Waals surface area contributed by atoms with Crippen LogP contribution in [0.4, 0.5) is 0 Å². The second kappa shape index (κ2) is 4.00. The second-order valence-electron chi connectivity index (χ2n) is 4.27. The van der Waals surface area contributed by atoms with Crippen molar-refractivity contribution in [1.82, 2.24) is 4.90 Å². The molecule has 2 rings (SSSR count). The average Bonchev–Trinajstić information content (AvgIpc) is 2.72. The SMILES string of the molecule is CC1CC1CN(C)C(=O)c1ccoc1Br. The van der Waals surface area contributed by atoms with Crippen LogP contribution >= 0.6 is 15.9 Å². The highest BCUT2D eigenvalue weighted by molar-refractivity contribution is 9.10. The molecule has 1 amide bonds. The third-order valence-electron chi connectivity index (χ3n) is 2.98. The Morgan fingerprint density at radius 1 is 1.73 bits per heavy atom. The number of hydrogen-bond acceptors (Lipinski definition) is 2. The first kappa shape index (κ1) is 10.7. The fourth-order valence-corrected chi connectivity index (χ4v) is 2.15. The molecule has 0 saturated heterocycles. The van der Waals surface area contributed by atoms with Crippen LogP contribution in [-0.4, -0.2) is 24.4 Å². The van der Waals surface area contributed by atoms with Crippen LogP contribution < -0.4 is 0 Å². The van der Waals surface area contributed by atoms with Crippen LogP contribution in [0.15, 0.2) is 21.4 Å². The van der Waals surface area contributed by atoms with Gasteiger partial charge in [-0.05, 0) is 40.3 Å². The van der Waals surface area contributed by atoms with Gasteiger partial charge < -0.3 is 9.32 Å². The Hall–Kier alpha value is -0.770. The summed E-state index contributed by atoms with van der Waals surface area (Å²) in [5.41, 5.74) is 0.603. The van der Waals surface area contributed by atoms with Gasteiger partial charge in [-0.3, -0.25) is 4.79 Å². The van der Waals surface area contributed by atoms with E-state index in [1.807, 2.05) is 7.05 Å². The molecule has 1 saturated carbocycles. The first-order chi connectivity index (χ1) is 7.09. The molecule has 2 unspecified atom stereocenters. The van der Waals surface area contributed by atoms with Crippen LogP contribution in [0, 0.1) is 11.8 Å². The van der Waals surface area contributed by atoms with Crippen molar-refractivity contribution in [2.75, 3.05) is 13.6 Å². The summed E-state index contributed by atoms with van der Waals surface area (Å²) < 4.78 is 5.56. The minimum atomic E-state index is 0.0229. The number of hydrogen-bond donors (Lipinski definition) is 0. The van der Waals surface area contributed by atoms with Crippen molar-refractivity contribution in [2.45, 2.75) is 13.3 Å². The normalized spacial score (nSPS) is 23.9. The van der Waals surface area contributed by atoms with Crippen LogP contribution in [-0.2, 0) is 0 Å². The summed E-state index contributed by atoms with van der Waals surface area (Å²) in [6, 6.07) is 1.69. The minimum Gasteiger partial charge on any atom is -0.457 e. The van der Waals surface area contributed by atoms with E-state index in [0.717, 1.165) is 12.5 Å². The van der Waals surface area contributed by atoms with Crippen molar-refractivity contribution in [2.24, 2.45) is 11.8 Å². The molecule has 0 spiro atoms. The zero-order valence-electron chi connectivity index (χ0n) is 8.87. The molecular weight excluding hydrogens is 258 g/mol. The fourth-order valence-electron chi connectivity index (χ4n) is 1.74. The lowest BCUT2D eigenvalue weighted by atomic mass is 10.2. The summed E-state index contributed by atoms with van der Waals surface area (Å²) in [5.74, 6) is 1.48. The molecule has 3 nitrogen and oxygen atoms in total. The predicted molar refractivity (Wildman–Crippen MR) is 60.6 cm³/mol. The third-order valence-corrected chi connectivity index (χ3v) is 3.59. The first-order valence-corrected chi connectivity index (χ1v) is 5.87. The molecule has 1 aliphatic carbocycles. The maximum atomic E-state index is 11.9. The molecule has 4 heteroatoms. The summed E-state index contributed by atoms with van der Waals surface area (Å²) in [7, 11) is 1.84. The highest BCUT2D eigenvalue weighted by Crippen LogP contribution is 2.38. The topological polar surface area (TPSA) is 33.5 Å². The largest absolute Gasteiger partial charge is 0.457 e. The molecule has 15 heavy (non-hydrogen) atoms. The van der Waals surface area contributed by atoms with E-state index in [1.165, 1.54) is 12.7 Å². The summed E-state index contributed by atoms with van der Waals surface area (Å²) in [6.07, 6.45) is 2.76. The van der Waals surface area contributed by atoms with Gasteiger partial charge in [-0.1, -0.05) is 6.92 Å². The highest BCUT2D eigenvalue weighted by atomic mass is 79.9. The van der Waals surface area contributed by atoms with Crippen LogP contribution in [0.2, 0.25) is 0 Å². The van der Waals surface area contributed by atoms with Gasteiger partial charge in [-0.2, -0.15) is 0 Å². The molecule has 0 radical (unpaired) electrons. The van der Waals surface area contributed by atoms with Gasteiger partial charge in [0.1, 0.15) is 0 Å². The summed E-state index contributed by atoms with van der Waals surface area (Å²) >= 11 is 3.21. The number of nitrogens with zero attached hydrogens (tertiary/aromatic N) is 1. The van der Waals surface area contributed by atoms with E-state index in [9.17, 15) is 4.79 Å². The maximum absolute atomic E-state index is 11.9. The third kappa shape index (κ3) is 2.25. The molecule has 0 N–H and O–H groups in total. The van der Waals surface area contributed by atoms with Crippen molar-refractivity contribution < 1.29 is 9.21 Å². The van der Waals surface area contributed by atoms with Gasteiger partial charge in [0.2, 0.25) is 0 Å². The van der Waals surface area contributed by atoms with Gasteiger partial charge in [-0.25, -0.2) is 0 Å². The van der Waals surface area contributed by atoms with Crippen LogP contribution in [0.5, 0.6) is 0 Å². The van der Waals surface area contributed by atoms with E-state index >= 15 is 0 Å². The summed E-state index contributed by atoms with van der Waals surface area (Å²) in [6.45, 7) is 3.06. The van der Waals surface area contributed by atoms with E-state index < -0.39 is 0 Å². The Kier molecular flexibility index (Phi) is 2.87. The van der Waals surface area contributed by atoms with E-state index in [1.54, 1.807) is 11.0 Å². The number of furan rings is 1. The molecule has 1 aromatic heterocycles. The second-order valence-corrected chi connectivity index (χ2v) is 4.99. The number of amides is 1. The molecule has 1 aliphatic rings. The van der Waals surface area contributed by atoms with Crippen molar-refractivity contribution in [1.29, 1.82) is 0 Å². The highest BCUT2D eigenvalue weighted by Gasteiger charge is 2.34. The number of carbonyl (C=O) groups is 1. The van der Waals surface area contributed by atoms with Gasteiger partial charge in [0.15, 0.2) is 4.67 Å². The quantitative estimate of drug-likeness (QED) is 0.847. The van der Waals surface area contributed by atoms with Crippen LogP contribution in [0.3, 0.4) is 0 Å². The molecular formula is C11H14BrNO2. The Morgan fingerprint density at radius 2 is 2.40 bits per heavy atom. The van der Waals surface area contributed by atoms with Gasteiger partial charge in [0.25, 0.3) is 5.91 Å². The van der Waals surface area contributed by atoms with Gasteiger partial charge >= 0.3 is 0 Å². The smallest absolute Gasteiger partial charge is 0.258 e. The summed E-state index contributed by atoms with van der Waals surface area (Å²) in [5, 5.41) is 0. The van der Waals surface area contributed by atoms with E-state index in [0.29, 0.717) is 16.2 Å². The zero-order valence-corrected chi connectivity index (χ0v) is 10.5. The van der Waals surface area contributed by atoms with Gasteiger partial charge in [0.05, 0.1) is 11.8 Å². The Bertz CT molecular complexity index is 374. The standard InChI is InChI=1S/C11H14BrNO2/c1-7-5-8(7)6-13(2)11(14)9-3-4-15-10(9)12/h3-4,7-8H,5-6H2,1-2H3. The van der Waals surface area contributed by atoms with E-state index in [-0.39, 0.29) is 5.91 Å². The monoisotopic (exact) mass is 271 g/mol. The maximum Gasteiger partial charge on any atom is 0.258 e. The molecule has 1 heterocycles. The fraction of sp³-hybridized carbons (Fsp3) is 0.545. The number of halogens is 1.